The molecule has 7 nitrogen and oxygen atoms in total. The summed E-state index contributed by atoms with van der Waals surface area (Å²) in [5, 5.41) is 12.2. The molecule has 1 aliphatic heterocycles. The molecular weight excluding hydrogens is 418 g/mol. The van der Waals surface area contributed by atoms with E-state index in [1.54, 1.807) is 54.6 Å². The van der Waals surface area contributed by atoms with Crippen LogP contribution in [0.5, 0.6) is 11.5 Å². The van der Waals surface area contributed by atoms with Gasteiger partial charge in [0.15, 0.2) is 0 Å². The zero-order chi connectivity index (χ0) is 23.5. The fraction of sp³-hybridized carbons (Fsp3) is 0.115. The highest BCUT2D eigenvalue weighted by Gasteiger charge is 2.41. The molecule has 0 atom stereocenters. The van der Waals surface area contributed by atoms with Crippen molar-refractivity contribution in [2.75, 3.05) is 24.4 Å². The van der Waals surface area contributed by atoms with Crippen LogP contribution in [0.15, 0.2) is 72.4 Å². The second-order valence-corrected chi connectivity index (χ2v) is 7.38. The molecule has 0 spiro atoms. The molecule has 3 aromatic rings. The first-order valence-corrected chi connectivity index (χ1v) is 10.2. The van der Waals surface area contributed by atoms with E-state index >= 15 is 0 Å². The van der Waals surface area contributed by atoms with Crippen molar-refractivity contribution >= 4 is 28.8 Å². The lowest BCUT2D eigenvalue weighted by atomic mass is 10.0. The molecule has 33 heavy (non-hydrogen) atoms. The van der Waals surface area contributed by atoms with E-state index in [9.17, 15) is 9.59 Å². The highest BCUT2D eigenvalue weighted by atomic mass is 16.5. The fourth-order valence-electron chi connectivity index (χ4n) is 3.72. The molecule has 0 radical (unpaired) electrons. The molecule has 0 saturated heterocycles. The number of hydrogen-bond acceptors (Lipinski definition) is 6. The predicted octanol–water partition coefficient (Wildman–Crippen LogP) is 4.28. The van der Waals surface area contributed by atoms with Crippen LogP contribution in [0.25, 0.3) is 5.57 Å². The minimum absolute atomic E-state index is 0.109. The van der Waals surface area contributed by atoms with Crippen LogP contribution in [-0.4, -0.2) is 26.0 Å². The number of aryl methyl sites for hydroxylation is 1. The van der Waals surface area contributed by atoms with Gasteiger partial charge in [0, 0.05) is 5.56 Å². The number of nitrogens with zero attached hydrogens (tertiary/aromatic N) is 2. The van der Waals surface area contributed by atoms with Crippen LogP contribution in [0.4, 0.5) is 11.4 Å². The van der Waals surface area contributed by atoms with Gasteiger partial charge < -0.3 is 14.8 Å². The van der Waals surface area contributed by atoms with E-state index in [1.165, 1.54) is 14.2 Å². The lowest BCUT2D eigenvalue weighted by Crippen LogP contribution is -2.32. The van der Waals surface area contributed by atoms with Gasteiger partial charge in [-0.2, -0.15) is 5.26 Å². The molecule has 164 valence electrons. The molecule has 0 bridgehead atoms. The Kier molecular flexibility index (Phi) is 5.83. The fourth-order valence-corrected chi connectivity index (χ4v) is 3.72. The van der Waals surface area contributed by atoms with Gasteiger partial charge in [0.25, 0.3) is 11.8 Å². The van der Waals surface area contributed by atoms with Gasteiger partial charge in [-0.25, -0.2) is 4.90 Å². The summed E-state index contributed by atoms with van der Waals surface area (Å²) in [5.74, 6) is -0.0205. The number of hydrogen-bond donors (Lipinski definition) is 1. The van der Waals surface area contributed by atoms with Gasteiger partial charge in [-0.15, -0.1) is 0 Å². The normalized spacial score (nSPS) is 13.2. The predicted molar refractivity (Wildman–Crippen MR) is 125 cm³/mol. The second kappa shape index (κ2) is 8.89. The Balaban J connectivity index is 1.88. The zero-order valence-electron chi connectivity index (χ0n) is 18.4. The first-order chi connectivity index (χ1) is 16.0. The topological polar surface area (TPSA) is 91.7 Å². The highest BCUT2D eigenvalue weighted by Crippen LogP contribution is 2.38. The Morgan fingerprint density at radius 3 is 2.24 bits per heavy atom. The van der Waals surface area contributed by atoms with Crippen molar-refractivity contribution in [1.29, 1.82) is 5.26 Å². The zero-order valence-corrected chi connectivity index (χ0v) is 18.4. The first kappa shape index (κ1) is 21.7. The van der Waals surface area contributed by atoms with Crippen LogP contribution in [0.3, 0.4) is 0 Å². The van der Waals surface area contributed by atoms with Crippen molar-refractivity contribution in [3.05, 3.63) is 89.1 Å². The number of carbonyl (C=O) groups excluding carboxylic acids is 2. The Labute approximate surface area is 191 Å². The molecule has 3 aromatic carbocycles. The minimum Gasteiger partial charge on any atom is -0.496 e. The molecule has 0 saturated carbocycles. The van der Waals surface area contributed by atoms with Crippen molar-refractivity contribution in [2.24, 2.45) is 0 Å². The standard InChI is InChI=1S/C26H21N3O4/c1-16-8-13-22(33-3)20(14-16)28-24-23(19-6-4-5-7-21(19)32-2)25(30)29(26(24)31)18-11-9-17(15-27)10-12-18/h4-14,28H,1-3H3. The number of carbonyl (C=O) groups is 2. The largest absolute Gasteiger partial charge is 0.496 e. The average molecular weight is 439 g/mol. The Morgan fingerprint density at radius 1 is 0.879 bits per heavy atom. The molecule has 0 aromatic heterocycles. The summed E-state index contributed by atoms with van der Waals surface area (Å²) in [6, 6.07) is 20.9. The number of ether oxygens (including phenoxy) is 2. The van der Waals surface area contributed by atoms with Gasteiger partial charge in [-0.3, -0.25) is 9.59 Å². The molecule has 0 aliphatic carbocycles. The molecule has 1 heterocycles. The summed E-state index contributed by atoms with van der Waals surface area (Å²) < 4.78 is 10.9. The van der Waals surface area contributed by atoms with Crippen LogP contribution in [0, 0.1) is 18.3 Å². The van der Waals surface area contributed by atoms with Crippen molar-refractivity contribution in [1.82, 2.24) is 0 Å². The third kappa shape index (κ3) is 3.90. The van der Waals surface area contributed by atoms with Crippen LogP contribution >= 0.6 is 0 Å². The van der Waals surface area contributed by atoms with Crippen molar-refractivity contribution in [2.45, 2.75) is 6.92 Å². The number of para-hydroxylation sites is 1. The summed E-state index contributed by atoms with van der Waals surface area (Å²) >= 11 is 0. The second-order valence-electron chi connectivity index (χ2n) is 7.38. The van der Waals surface area contributed by atoms with Crippen LogP contribution < -0.4 is 19.7 Å². The molecule has 7 heteroatoms. The molecule has 4 rings (SSSR count). The number of imide groups is 1. The van der Waals surface area contributed by atoms with E-state index in [4.69, 9.17) is 14.7 Å². The van der Waals surface area contributed by atoms with Crippen LogP contribution in [0.1, 0.15) is 16.7 Å². The van der Waals surface area contributed by atoms with E-state index < -0.39 is 11.8 Å². The summed E-state index contributed by atoms with van der Waals surface area (Å²) in [5.41, 5.74) is 3.09. The van der Waals surface area contributed by atoms with E-state index in [0.29, 0.717) is 34.0 Å². The van der Waals surface area contributed by atoms with Crippen molar-refractivity contribution < 1.29 is 19.1 Å². The molecule has 1 N–H and O–H groups in total. The number of anilines is 2. The van der Waals surface area contributed by atoms with Gasteiger partial charge in [0.05, 0.1) is 42.8 Å². The maximum Gasteiger partial charge on any atom is 0.282 e. The summed E-state index contributed by atoms with van der Waals surface area (Å²) in [6.07, 6.45) is 0. The monoisotopic (exact) mass is 439 g/mol. The highest BCUT2D eigenvalue weighted by molar-refractivity contribution is 6.46. The summed E-state index contributed by atoms with van der Waals surface area (Å²) in [4.78, 5) is 28.3. The maximum atomic E-state index is 13.6. The van der Waals surface area contributed by atoms with E-state index in [1.807, 2.05) is 25.1 Å². The Bertz CT molecular complexity index is 1320. The number of benzene rings is 3. The smallest absolute Gasteiger partial charge is 0.282 e. The van der Waals surface area contributed by atoms with Crippen molar-refractivity contribution in [3.63, 3.8) is 0 Å². The van der Waals surface area contributed by atoms with Crippen LogP contribution in [-0.2, 0) is 9.59 Å². The summed E-state index contributed by atoms with van der Waals surface area (Å²) in [7, 11) is 3.05. The Hall–Kier alpha value is -4.57. The van der Waals surface area contributed by atoms with E-state index in [0.717, 1.165) is 10.5 Å². The molecule has 0 unspecified atom stereocenters. The van der Waals surface area contributed by atoms with Gasteiger partial charge in [0.1, 0.15) is 17.2 Å². The quantitative estimate of drug-likeness (QED) is 0.577. The van der Waals surface area contributed by atoms with Gasteiger partial charge in [0.2, 0.25) is 0 Å². The van der Waals surface area contributed by atoms with Gasteiger partial charge >= 0.3 is 0 Å². The third-order valence-electron chi connectivity index (χ3n) is 5.33. The Morgan fingerprint density at radius 2 is 1.58 bits per heavy atom. The average Bonchev–Trinajstić information content (AvgIpc) is 3.08. The first-order valence-electron chi connectivity index (χ1n) is 10.2. The molecule has 1 aliphatic rings. The van der Waals surface area contributed by atoms with Crippen molar-refractivity contribution in [3.8, 4) is 17.6 Å². The number of rotatable bonds is 6. The number of nitriles is 1. The van der Waals surface area contributed by atoms with Gasteiger partial charge in [-0.1, -0.05) is 24.3 Å². The molecule has 0 fully saturated rings. The maximum absolute atomic E-state index is 13.6. The number of amides is 2. The van der Waals surface area contributed by atoms with E-state index in [2.05, 4.69) is 5.32 Å². The summed E-state index contributed by atoms with van der Waals surface area (Å²) in [6.45, 7) is 1.92. The molecule has 2 amide bonds. The van der Waals surface area contributed by atoms with Crippen LogP contribution in [0.2, 0.25) is 0 Å². The third-order valence-corrected chi connectivity index (χ3v) is 5.33. The SMILES string of the molecule is COc1ccc(C)cc1NC1=C(c2ccccc2OC)C(=O)N(c2ccc(C#N)cc2)C1=O. The van der Waals surface area contributed by atoms with Gasteiger partial charge in [-0.05, 0) is 55.0 Å². The lowest BCUT2D eigenvalue weighted by molar-refractivity contribution is -0.120. The lowest BCUT2D eigenvalue weighted by Gasteiger charge is -2.16. The number of methoxy groups -OCH3 is 2. The minimum atomic E-state index is -0.519. The molecular formula is C26H21N3O4. The van der Waals surface area contributed by atoms with E-state index in [-0.39, 0.29) is 11.3 Å². The number of nitrogens with one attached hydrogen (secondary N) is 1.